The van der Waals surface area contributed by atoms with Crippen molar-refractivity contribution in [3.8, 4) is 0 Å². The Morgan fingerprint density at radius 3 is 3.05 bits per heavy atom. The second-order valence-corrected chi connectivity index (χ2v) is 5.67. The number of hydrogen-bond donors (Lipinski definition) is 1. The van der Waals surface area contributed by atoms with Gasteiger partial charge in [-0.15, -0.1) is 10.2 Å². The smallest absolute Gasteiger partial charge is 0.307 e. The van der Waals surface area contributed by atoms with Gasteiger partial charge in [-0.25, -0.2) is 0 Å². The van der Waals surface area contributed by atoms with Crippen LogP contribution < -0.4 is 0 Å². The minimum Gasteiger partial charge on any atom is -0.481 e. The molecule has 1 aliphatic rings. The lowest BCUT2D eigenvalue weighted by Crippen LogP contribution is -2.23. The molecule has 1 aliphatic carbocycles. The fourth-order valence-corrected chi connectivity index (χ4v) is 3.44. The van der Waals surface area contributed by atoms with Gasteiger partial charge in [0, 0.05) is 13.0 Å². The van der Waals surface area contributed by atoms with Gasteiger partial charge in [0.15, 0.2) is 5.82 Å². The van der Waals surface area contributed by atoms with E-state index >= 15 is 0 Å². The first-order valence-corrected chi connectivity index (χ1v) is 7.10. The van der Waals surface area contributed by atoms with E-state index in [9.17, 15) is 9.90 Å². The van der Waals surface area contributed by atoms with E-state index in [1.165, 1.54) is 11.3 Å². The highest BCUT2D eigenvalue weighted by molar-refractivity contribution is 7.16. The van der Waals surface area contributed by atoms with Gasteiger partial charge in [0.25, 0.3) is 0 Å². The molecule has 8 heteroatoms. The van der Waals surface area contributed by atoms with Crippen LogP contribution in [-0.4, -0.2) is 38.0 Å². The Bertz CT molecular complexity index is 663. The average Bonchev–Trinajstić information content (AvgIpc) is 3.01. The molecule has 0 aromatic carbocycles. The summed E-state index contributed by atoms with van der Waals surface area (Å²) in [5.41, 5.74) is 0. The molecule has 20 heavy (non-hydrogen) atoms. The summed E-state index contributed by atoms with van der Waals surface area (Å²) in [6.45, 7) is 0.331. The van der Waals surface area contributed by atoms with Crippen LogP contribution in [0, 0.1) is 5.92 Å². The maximum absolute atomic E-state index is 11.3. The summed E-state index contributed by atoms with van der Waals surface area (Å²) < 4.78 is 6.68. The Morgan fingerprint density at radius 2 is 2.30 bits per heavy atom. The second kappa shape index (κ2) is 5.29. The van der Waals surface area contributed by atoms with Gasteiger partial charge in [0.05, 0.1) is 5.92 Å². The fraction of sp³-hybridized carbons (Fsp3) is 0.500. The number of allylic oxidation sites excluding steroid dienone is 2. The van der Waals surface area contributed by atoms with E-state index in [1.807, 2.05) is 12.2 Å². The predicted octanol–water partition coefficient (Wildman–Crippen LogP) is 1.47. The first kappa shape index (κ1) is 13.2. The molecule has 2 unspecified atom stereocenters. The number of carbonyl (C=O) groups is 1. The van der Waals surface area contributed by atoms with Crippen molar-refractivity contribution >= 4 is 22.3 Å². The molecule has 0 fully saturated rings. The minimum absolute atomic E-state index is 0.0976. The largest absolute Gasteiger partial charge is 0.481 e. The molecule has 2 heterocycles. The monoisotopic (exact) mass is 294 g/mol. The minimum atomic E-state index is -0.776. The SMILES string of the molecule is COCc1nnc2sc(C3CC=CCC3C(=O)O)nn12. The quantitative estimate of drug-likeness (QED) is 0.859. The second-order valence-electron chi connectivity index (χ2n) is 4.68. The Hall–Kier alpha value is -1.80. The van der Waals surface area contributed by atoms with Crippen molar-refractivity contribution in [1.82, 2.24) is 19.8 Å². The zero-order valence-corrected chi connectivity index (χ0v) is 11.7. The Balaban J connectivity index is 1.96. The molecule has 0 saturated heterocycles. The molecule has 0 amide bonds. The number of fused-ring (bicyclic) bond motifs is 1. The summed E-state index contributed by atoms with van der Waals surface area (Å²) in [5.74, 6) is -0.667. The van der Waals surface area contributed by atoms with Gasteiger partial charge in [-0.1, -0.05) is 23.5 Å². The van der Waals surface area contributed by atoms with E-state index in [-0.39, 0.29) is 5.92 Å². The van der Waals surface area contributed by atoms with Crippen molar-refractivity contribution < 1.29 is 14.6 Å². The highest BCUT2D eigenvalue weighted by Crippen LogP contribution is 2.36. The van der Waals surface area contributed by atoms with Crippen molar-refractivity contribution in [2.45, 2.75) is 25.4 Å². The molecule has 0 aliphatic heterocycles. The van der Waals surface area contributed by atoms with Crippen LogP contribution in [0.1, 0.15) is 29.6 Å². The van der Waals surface area contributed by atoms with Crippen LogP contribution in [0.25, 0.3) is 4.96 Å². The summed E-state index contributed by atoms with van der Waals surface area (Å²) in [4.78, 5) is 12.0. The molecule has 2 aromatic heterocycles. The summed E-state index contributed by atoms with van der Waals surface area (Å²) >= 11 is 1.40. The van der Waals surface area contributed by atoms with E-state index < -0.39 is 11.9 Å². The zero-order chi connectivity index (χ0) is 14.1. The van der Waals surface area contributed by atoms with Gasteiger partial charge < -0.3 is 9.84 Å². The van der Waals surface area contributed by atoms with Crippen LogP contribution in [0.15, 0.2) is 12.2 Å². The lowest BCUT2D eigenvalue weighted by atomic mass is 9.83. The van der Waals surface area contributed by atoms with Crippen LogP contribution in [0.3, 0.4) is 0 Å². The van der Waals surface area contributed by atoms with E-state index in [0.29, 0.717) is 30.2 Å². The number of nitrogens with zero attached hydrogens (tertiary/aromatic N) is 4. The van der Waals surface area contributed by atoms with Gasteiger partial charge in [0.2, 0.25) is 4.96 Å². The van der Waals surface area contributed by atoms with Crippen molar-refractivity contribution in [2.24, 2.45) is 5.92 Å². The third kappa shape index (κ3) is 2.20. The molecule has 106 valence electrons. The van der Waals surface area contributed by atoms with Crippen molar-refractivity contribution in [3.05, 3.63) is 23.0 Å². The maximum atomic E-state index is 11.3. The standard InChI is InChI=1S/C12H14N4O3S/c1-19-6-9-13-14-12-16(9)15-10(20-12)7-4-2-3-5-8(7)11(17)18/h2-3,7-8H,4-6H2,1H3,(H,17,18). The molecule has 0 radical (unpaired) electrons. The number of aliphatic carboxylic acids is 1. The lowest BCUT2D eigenvalue weighted by molar-refractivity contribution is -0.142. The highest BCUT2D eigenvalue weighted by atomic mass is 32.1. The molecule has 7 nitrogen and oxygen atoms in total. The van der Waals surface area contributed by atoms with E-state index in [0.717, 1.165) is 5.01 Å². The lowest BCUT2D eigenvalue weighted by Gasteiger charge is -2.22. The Morgan fingerprint density at radius 1 is 1.50 bits per heavy atom. The normalized spacial score (nSPS) is 22.4. The molecule has 2 aromatic rings. The molecule has 0 spiro atoms. The average molecular weight is 294 g/mol. The topological polar surface area (TPSA) is 89.6 Å². The number of carboxylic acids is 1. The molecular formula is C12H14N4O3S. The van der Waals surface area contributed by atoms with E-state index in [1.54, 1.807) is 11.6 Å². The molecule has 2 atom stereocenters. The summed E-state index contributed by atoms with van der Waals surface area (Å²) in [5, 5.41) is 22.6. The molecular weight excluding hydrogens is 280 g/mol. The number of rotatable bonds is 4. The number of hydrogen-bond acceptors (Lipinski definition) is 6. The molecule has 0 bridgehead atoms. The van der Waals surface area contributed by atoms with Gasteiger partial charge in [-0.05, 0) is 12.8 Å². The molecule has 0 saturated carbocycles. The van der Waals surface area contributed by atoms with Crippen LogP contribution in [0.4, 0.5) is 0 Å². The maximum Gasteiger partial charge on any atom is 0.307 e. The van der Waals surface area contributed by atoms with Gasteiger partial charge in [0.1, 0.15) is 11.6 Å². The van der Waals surface area contributed by atoms with Crippen molar-refractivity contribution in [2.75, 3.05) is 7.11 Å². The zero-order valence-electron chi connectivity index (χ0n) is 10.9. The van der Waals surface area contributed by atoms with Crippen molar-refractivity contribution in [1.29, 1.82) is 0 Å². The summed E-state index contributed by atoms with van der Waals surface area (Å²) in [7, 11) is 1.58. The van der Waals surface area contributed by atoms with E-state index in [4.69, 9.17) is 4.74 Å². The van der Waals surface area contributed by atoms with Crippen LogP contribution in [0.5, 0.6) is 0 Å². The predicted molar refractivity (Wildman–Crippen MR) is 71.6 cm³/mol. The third-order valence-corrected chi connectivity index (χ3v) is 4.44. The van der Waals surface area contributed by atoms with Crippen LogP contribution in [-0.2, 0) is 16.1 Å². The van der Waals surface area contributed by atoms with Crippen LogP contribution in [0.2, 0.25) is 0 Å². The molecule has 3 rings (SSSR count). The first-order chi connectivity index (χ1) is 9.70. The Kier molecular flexibility index (Phi) is 3.49. The van der Waals surface area contributed by atoms with Gasteiger partial charge >= 0.3 is 5.97 Å². The van der Waals surface area contributed by atoms with Gasteiger partial charge in [-0.3, -0.25) is 4.79 Å². The number of aromatic nitrogens is 4. The Labute approximate surface area is 118 Å². The van der Waals surface area contributed by atoms with Gasteiger partial charge in [-0.2, -0.15) is 9.61 Å². The third-order valence-electron chi connectivity index (χ3n) is 3.41. The first-order valence-electron chi connectivity index (χ1n) is 6.28. The van der Waals surface area contributed by atoms with Crippen LogP contribution >= 0.6 is 11.3 Å². The number of methoxy groups -OCH3 is 1. The molecule has 1 N–H and O–H groups in total. The fourth-order valence-electron chi connectivity index (χ4n) is 2.40. The van der Waals surface area contributed by atoms with Crippen molar-refractivity contribution in [3.63, 3.8) is 0 Å². The summed E-state index contributed by atoms with van der Waals surface area (Å²) in [6, 6.07) is 0. The van der Waals surface area contributed by atoms with E-state index in [2.05, 4.69) is 15.3 Å². The number of carboxylic acid groups (broad SMARTS) is 1. The number of ether oxygens (including phenoxy) is 1. The highest BCUT2D eigenvalue weighted by Gasteiger charge is 2.32. The summed E-state index contributed by atoms with van der Waals surface area (Å²) in [6.07, 6.45) is 5.18.